The summed E-state index contributed by atoms with van der Waals surface area (Å²) in [6.07, 6.45) is 1.87. The normalized spacial score (nSPS) is 11.8. The van der Waals surface area contributed by atoms with Crippen LogP contribution in [0.25, 0.3) is 6.08 Å². The van der Waals surface area contributed by atoms with Crippen molar-refractivity contribution in [2.24, 2.45) is 5.92 Å². The molecule has 0 aliphatic rings. The molecular weight excluding hydrogens is 508 g/mol. The van der Waals surface area contributed by atoms with Gasteiger partial charge in [0, 0.05) is 11.3 Å². The minimum Gasteiger partial charge on any atom is -0.497 e. The Labute approximate surface area is 234 Å². The third-order valence-electron chi connectivity index (χ3n) is 5.77. The second kappa shape index (κ2) is 14.9. The highest BCUT2D eigenvalue weighted by molar-refractivity contribution is 6.06. The summed E-state index contributed by atoms with van der Waals surface area (Å²) in [7, 11) is 1.55. The molecular formula is C31H34N4O5. The molecule has 0 spiro atoms. The third-order valence-corrected chi connectivity index (χ3v) is 5.77. The minimum atomic E-state index is -0.936. The molecule has 1 atom stereocenters. The van der Waals surface area contributed by atoms with Crippen molar-refractivity contribution in [3.8, 4) is 5.75 Å². The molecule has 0 unspecified atom stereocenters. The molecule has 0 bridgehead atoms. The summed E-state index contributed by atoms with van der Waals surface area (Å²) in [5.41, 5.74) is 1.62. The second-order valence-corrected chi connectivity index (χ2v) is 9.44. The van der Waals surface area contributed by atoms with Crippen LogP contribution in [-0.2, 0) is 14.4 Å². The molecule has 3 aromatic rings. The molecule has 4 N–H and O–H groups in total. The minimum absolute atomic E-state index is 0.0149. The van der Waals surface area contributed by atoms with Gasteiger partial charge in [-0.3, -0.25) is 19.2 Å². The van der Waals surface area contributed by atoms with Crippen molar-refractivity contribution in [1.29, 1.82) is 0 Å². The number of benzene rings is 3. The van der Waals surface area contributed by atoms with E-state index in [0.29, 0.717) is 29.0 Å². The van der Waals surface area contributed by atoms with Crippen LogP contribution in [0.15, 0.2) is 90.6 Å². The molecule has 208 valence electrons. The highest BCUT2D eigenvalue weighted by Gasteiger charge is 2.25. The molecule has 9 heteroatoms. The number of methoxy groups -OCH3 is 1. The van der Waals surface area contributed by atoms with Crippen LogP contribution in [0.5, 0.6) is 5.75 Å². The number of ether oxygens (including phenoxy) is 1. The predicted molar refractivity (Wildman–Crippen MR) is 154 cm³/mol. The van der Waals surface area contributed by atoms with Gasteiger partial charge in [-0.1, -0.05) is 62.4 Å². The molecule has 0 saturated carbocycles. The second-order valence-electron chi connectivity index (χ2n) is 9.44. The number of hydrogen-bond acceptors (Lipinski definition) is 5. The van der Waals surface area contributed by atoms with Crippen molar-refractivity contribution in [2.75, 3.05) is 19.0 Å². The van der Waals surface area contributed by atoms with E-state index in [0.717, 1.165) is 0 Å². The Morgan fingerprint density at radius 2 is 1.48 bits per heavy atom. The van der Waals surface area contributed by atoms with E-state index in [2.05, 4.69) is 21.3 Å². The van der Waals surface area contributed by atoms with E-state index >= 15 is 0 Å². The fourth-order valence-corrected chi connectivity index (χ4v) is 3.77. The van der Waals surface area contributed by atoms with Crippen LogP contribution in [0, 0.1) is 5.92 Å². The first-order valence-corrected chi connectivity index (χ1v) is 12.9. The van der Waals surface area contributed by atoms with E-state index in [4.69, 9.17) is 4.74 Å². The molecule has 4 amide bonds. The first-order valence-electron chi connectivity index (χ1n) is 12.9. The fourth-order valence-electron chi connectivity index (χ4n) is 3.77. The zero-order valence-corrected chi connectivity index (χ0v) is 22.8. The molecule has 9 nitrogen and oxygen atoms in total. The van der Waals surface area contributed by atoms with Crippen LogP contribution in [0.1, 0.15) is 36.2 Å². The van der Waals surface area contributed by atoms with E-state index in [9.17, 15) is 19.2 Å². The molecule has 0 aromatic heterocycles. The van der Waals surface area contributed by atoms with E-state index in [-0.39, 0.29) is 18.2 Å². The highest BCUT2D eigenvalue weighted by Crippen LogP contribution is 2.15. The molecule has 0 radical (unpaired) electrons. The van der Waals surface area contributed by atoms with Crippen molar-refractivity contribution in [2.45, 2.75) is 26.3 Å². The van der Waals surface area contributed by atoms with Gasteiger partial charge in [0.1, 0.15) is 17.5 Å². The maximum absolute atomic E-state index is 13.4. The summed E-state index contributed by atoms with van der Waals surface area (Å²) in [6, 6.07) is 23.4. The van der Waals surface area contributed by atoms with Gasteiger partial charge in [0.05, 0.1) is 13.7 Å². The maximum atomic E-state index is 13.4. The van der Waals surface area contributed by atoms with Gasteiger partial charge in [-0.25, -0.2) is 0 Å². The average Bonchev–Trinajstić information content (AvgIpc) is 2.96. The zero-order valence-electron chi connectivity index (χ0n) is 22.8. The van der Waals surface area contributed by atoms with Gasteiger partial charge in [-0.15, -0.1) is 0 Å². The standard InChI is InChI=1S/C31H34N4O5/c1-21(2)18-26(30(38)32-20-28(36)33-24-14-16-25(40-3)17-15-24)35-31(39)27(19-22-10-6-4-7-11-22)34-29(37)23-12-8-5-9-13-23/h4-17,19,21,26H,18,20H2,1-3H3,(H,32,38)(H,33,36)(H,34,37)(H,35,39)/t26-/m0/s1. The number of anilines is 1. The predicted octanol–water partition coefficient (Wildman–Crippen LogP) is 3.75. The summed E-state index contributed by atoms with van der Waals surface area (Å²) in [4.78, 5) is 51.7. The SMILES string of the molecule is COc1ccc(NC(=O)CNC(=O)[C@H](CC(C)C)NC(=O)C(=Cc2ccccc2)NC(=O)c2ccccc2)cc1. The van der Waals surface area contributed by atoms with Gasteiger partial charge in [0.25, 0.3) is 11.8 Å². The number of nitrogens with one attached hydrogen (secondary N) is 4. The van der Waals surface area contributed by atoms with Gasteiger partial charge in [-0.05, 0) is 60.4 Å². The number of carbonyl (C=O) groups excluding carboxylic acids is 4. The lowest BCUT2D eigenvalue weighted by Gasteiger charge is -2.21. The molecule has 3 rings (SSSR count). The van der Waals surface area contributed by atoms with E-state index in [1.165, 1.54) is 0 Å². The Morgan fingerprint density at radius 3 is 2.08 bits per heavy atom. The Balaban J connectivity index is 1.70. The first kappa shape index (κ1) is 29.6. The van der Waals surface area contributed by atoms with Crippen molar-refractivity contribution in [3.05, 3.63) is 102 Å². The van der Waals surface area contributed by atoms with Crippen molar-refractivity contribution in [1.82, 2.24) is 16.0 Å². The number of rotatable bonds is 12. The lowest BCUT2D eigenvalue weighted by Crippen LogP contribution is -2.50. The molecule has 0 heterocycles. The number of carbonyl (C=O) groups is 4. The van der Waals surface area contributed by atoms with E-state index < -0.39 is 29.7 Å². The van der Waals surface area contributed by atoms with Crippen LogP contribution >= 0.6 is 0 Å². The highest BCUT2D eigenvalue weighted by atomic mass is 16.5. The topological polar surface area (TPSA) is 126 Å². The van der Waals surface area contributed by atoms with Crippen LogP contribution in [0.4, 0.5) is 5.69 Å². The van der Waals surface area contributed by atoms with Crippen molar-refractivity contribution < 1.29 is 23.9 Å². The van der Waals surface area contributed by atoms with Crippen molar-refractivity contribution >= 4 is 35.4 Å². The fraction of sp³-hybridized carbons (Fsp3) is 0.226. The third kappa shape index (κ3) is 9.43. The van der Waals surface area contributed by atoms with Crippen LogP contribution in [0.2, 0.25) is 0 Å². The van der Waals surface area contributed by atoms with Gasteiger partial charge < -0.3 is 26.0 Å². The Kier molecular flexibility index (Phi) is 11.0. The number of hydrogen-bond donors (Lipinski definition) is 4. The number of amides is 4. The molecule has 40 heavy (non-hydrogen) atoms. The average molecular weight is 543 g/mol. The lowest BCUT2D eigenvalue weighted by atomic mass is 10.0. The van der Waals surface area contributed by atoms with Crippen LogP contribution in [0.3, 0.4) is 0 Å². The zero-order chi connectivity index (χ0) is 28.9. The van der Waals surface area contributed by atoms with Gasteiger partial charge in [-0.2, -0.15) is 0 Å². The maximum Gasteiger partial charge on any atom is 0.268 e. The van der Waals surface area contributed by atoms with Gasteiger partial charge in [0.15, 0.2) is 0 Å². The molecule has 0 saturated heterocycles. The van der Waals surface area contributed by atoms with E-state index in [1.807, 2.05) is 32.0 Å². The van der Waals surface area contributed by atoms with E-state index in [1.54, 1.807) is 79.9 Å². The lowest BCUT2D eigenvalue weighted by molar-refractivity contribution is -0.129. The summed E-state index contributed by atoms with van der Waals surface area (Å²) in [6.45, 7) is 3.55. The monoisotopic (exact) mass is 542 g/mol. The molecule has 3 aromatic carbocycles. The van der Waals surface area contributed by atoms with Crippen LogP contribution < -0.4 is 26.0 Å². The van der Waals surface area contributed by atoms with Gasteiger partial charge >= 0.3 is 0 Å². The summed E-state index contributed by atoms with van der Waals surface area (Å²) >= 11 is 0. The smallest absolute Gasteiger partial charge is 0.268 e. The first-order chi connectivity index (χ1) is 19.2. The Bertz CT molecular complexity index is 1320. The molecule has 0 aliphatic carbocycles. The summed E-state index contributed by atoms with van der Waals surface area (Å²) < 4.78 is 5.11. The largest absolute Gasteiger partial charge is 0.497 e. The van der Waals surface area contributed by atoms with Crippen molar-refractivity contribution in [3.63, 3.8) is 0 Å². The van der Waals surface area contributed by atoms with Gasteiger partial charge in [0.2, 0.25) is 11.8 Å². The Morgan fingerprint density at radius 1 is 0.850 bits per heavy atom. The molecule has 0 fully saturated rings. The summed E-state index contributed by atoms with van der Waals surface area (Å²) in [5, 5.41) is 10.7. The quantitative estimate of drug-likeness (QED) is 0.260. The summed E-state index contributed by atoms with van der Waals surface area (Å²) in [5.74, 6) is -1.31. The molecule has 0 aliphatic heterocycles. The Hall–Kier alpha value is -4.92. The van der Waals surface area contributed by atoms with Crippen LogP contribution in [-0.4, -0.2) is 43.3 Å².